The van der Waals surface area contributed by atoms with E-state index in [1.165, 1.54) is 24.3 Å². The summed E-state index contributed by atoms with van der Waals surface area (Å²) in [5.74, 6) is -0.464. The van der Waals surface area contributed by atoms with Crippen LogP contribution in [0.15, 0.2) is 83.8 Å². The molecule has 0 fully saturated rings. The lowest BCUT2D eigenvalue weighted by Gasteiger charge is -2.11. The molecule has 0 bridgehead atoms. The molecule has 3 rings (SSSR count). The van der Waals surface area contributed by atoms with Gasteiger partial charge < -0.3 is 10.1 Å². The highest BCUT2D eigenvalue weighted by molar-refractivity contribution is 7.90. The van der Waals surface area contributed by atoms with Crippen LogP contribution in [0.3, 0.4) is 0 Å². The Bertz CT molecular complexity index is 1240. The molecule has 0 saturated carbocycles. The molecule has 170 valence electrons. The molecule has 0 unspecified atom stereocenters. The summed E-state index contributed by atoms with van der Waals surface area (Å²) in [6, 6.07) is 21.9. The summed E-state index contributed by atoms with van der Waals surface area (Å²) in [5, 5.41) is 5.41. The molecule has 0 spiro atoms. The van der Waals surface area contributed by atoms with Crippen molar-refractivity contribution >= 4 is 44.9 Å². The number of carbonyl (C=O) groups excluding carboxylic acids is 2. The maximum Gasteiger partial charge on any atom is 0.264 e. The number of nitrogens with one attached hydrogen (secondary N) is 3. The van der Waals surface area contributed by atoms with E-state index in [1.54, 1.807) is 24.3 Å². The highest BCUT2D eigenvalue weighted by Gasteiger charge is 2.15. The van der Waals surface area contributed by atoms with E-state index in [-0.39, 0.29) is 10.0 Å². The first-order valence-corrected chi connectivity index (χ1v) is 11.6. The van der Waals surface area contributed by atoms with Crippen LogP contribution in [0.5, 0.6) is 5.75 Å². The molecule has 0 aliphatic rings. The van der Waals surface area contributed by atoms with Crippen molar-refractivity contribution in [3.05, 3.63) is 90.0 Å². The molecule has 0 radical (unpaired) electrons. The van der Waals surface area contributed by atoms with E-state index in [9.17, 15) is 18.0 Å². The number of hydrogen-bond acceptors (Lipinski definition) is 6. The third-order valence-corrected chi connectivity index (χ3v) is 5.95. The predicted octanol–water partition coefficient (Wildman–Crippen LogP) is 3.22. The van der Waals surface area contributed by atoms with Gasteiger partial charge in [-0.15, -0.1) is 0 Å². The lowest BCUT2D eigenvalue weighted by Crippen LogP contribution is -2.34. The second-order valence-electron chi connectivity index (χ2n) is 6.89. The van der Waals surface area contributed by atoms with E-state index in [2.05, 4.69) is 10.6 Å². The molecule has 3 aromatic carbocycles. The standard InChI is InChI=1S/C23H21N3O5S2/c1-16(27)26-33(29,30)21-13-9-19(10-14-21)24-23(32)25-22(28)18-7-11-20(12-8-18)31-15-17-5-3-2-4-6-17/h2-14H,15H2,1H3,(H,26,27)(H2,24,25,28,32). The lowest BCUT2D eigenvalue weighted by molar-refractivity contribution is -0.117. The number of anilines is 1. The maximum absolute atomic E-state index is 12.4. The molecule has 33 heavy (non-hydrogen) atoms. The number of ether oxygens (including phenoxy) is 1. The van der Waals surface area contributed by atoms with Gasteiger partial charge in [0.2, 0.25) is 5.91 Å². The van der Waals surface area contributed by atoms with Crippen molar-refractivity contribution in [2.75, 3.05) is 5.32 Å². The zero-order valence-electron chi connectivity index (χ0n) is 17.6. The minimum atomic E-state index is -3.92. The van der Waals surface area contributed by atoms with E-state index in [0.717, 1.165) is 12.5 Å². The summed E-state index contributed by atoms with van der Waals surface area (Å²) in [4.78, 5) is 23.4. The van der Waals surface area contributed by atoms with Gasteiger partial charge in [-0.3, -0.25) is 14.9 Å². The number of thiocarbonyl (C=S) groups is 1. The Balaban J connectivity index is 1.53. The molecule has 0 heterocycles. The van der Waals surface area contributed by atoms with Crippen LogP contribution in [0.25, 0.3) is 0 Å². The molecule has 0 aromatic heterocycles. The van der Waals surface area contributed by atoms with Crippen LogP contribution in [0.2, 0.25) is 0 Å². The Hall–Kier alpha value is -3.76. The first-order chi connectivity index (χ1) is 15.7. The summed E-state index contributed by atoms with van der Waals surface area (Å²) in [7, 11) is -3.92. The van der Waals surface area contributed by atoms with Crippen LogP contribution < -0.4 is 20.1 Å². The normalized spacial score (nSPS) is 10.7. The van der Waals surface area contributed by atoms with E-state index in [4.69, 9.17) is 17.0 Å². The highest BCUT2D eigenvalue weighted by Crippen LogP contribution is 2.16. The largest absolute Gasteiger partial charge is 0.489 e. The summed E-state index contributed by atoms with van der Waals surface area (Å²) in [6.07, 6.45) is 0. The average Bonchev–Trinajstić information content (AvgIpc) is 2.78. The lowest BCUT2D eigenvalue weighted by atomic mass is 10.2. The van der Waals surface area contributed by atoms with Crippen molar-refractivity contribution in [2.24, 2.45) is 0 Å². The number of hydrogen-bond donors (Lipinski definition) is 3. The van der Waals surface area contributed by atoms with Crippen molar-refractivity contribution in [1.29, 1.82) is 0 Å². The smallest absolute Gasteiger partial charge is 0.264 e. The Morgan fingerprint density at radius 2 is 1.55 bits per heavy atom. The number of benzene rings is 3. The SMILES string of the molecule is CC(=O)NS(=O)(=O)c1ccc(NC(=S)NC(=O)c2ccc(OCc3ccccc3)cc2)cc1. The topological polar surface area (TPSA) is 114 Å². The van der Waals surface area contributed by atoms with Gasteiger partial charge in [-0.05, 0) is 66.3 Å². The molecule has 3 N–H and O–H groups in total. The number of carbonyl (C=O) groups is 2. The molecular weight excluding hydrogens is 462 g/mol. The summed E-state index contributed by atoms with van der Waals surface area (Å²) in [5.41, 5.74) is 1.89. The molecule has 0 aliphatic carbocycles. The first-order valence-electron chi connectivity index (χ1n) is 9.75. The van der Waals surface area contributed by atoms with Gasteiger partial charge in [-0.2, -0.15) is 0 Å². The van der Waals surface area contributed by atoms with Crippen LogP contribution in [-0.4, -0.2) is 25.3 Å². The molecule has 0 aliphatic heterocycles. The fourth-order valence-corrected chi connectivity index (χ4v) is 3.95. The Morgan fingerprint density at radius 1 is 0.909 bits per heavy atom. The van der Waals surface area contributed by atoms with E-state index in [1.807, 2.05) is 35.1 Å². The van der Waals surface area contributed by atoms with Gasteiger partial charge in [0.25, 0.3) is 15.9 Å². The van der Waals surface area contributed by atoms with Crippen molar-refractivity contribution < 1.29 is 22.7 Å². The van der Waals surface area contributed by atoms with Crippen molar-refractivity contribution in [2.45, 2.75) is 18.4 Å². The van der Waals surface area contributed by atoms with E-state index >= 15 is 0 Å². The molecule has 0 saturated heterocycles. The van der Waals surface area contributed by atoms with Gasteiger partial charge in [-0.1, -0.05) is 30.3 Å². The van der Waals surface area contributed by atoms with Crippen LogP contribution in [0.4, 0.5) is 5.69 Å². The average molecular weight is 484 g/mol. The second kappa shape index (κ2) is 10.7. The summed E-state index contributed by atoms with van der Waals surface area (Å²) >= 11 is 5.15. The zero-order valence-corrected chi connectivity index (χ0v) is 19.2. The van der Waals surface area contributed by atoms with E-state index in [0.29, 0.717) is 23.6 Å². The van der Waals surface area contributed by atoms with Crippen molar-refractivity contribution in [3.8, 4) is 5.75 Å². The van der Waals surface area contributed by atoms with E-state index < -0.39 is 21.8 Å². The highest BCUT2D eigenvalue weighted by atomic mass is 32.2. The van der Waals surface area contributed by atoms with Crippen LogP contribution in [0.1, 0.15) is 22.8 Å². The number of amides is 2. The minimum absolute atomic E-state index is 0.0434. The Labute approximate surface area is 197 Å². The first kappa shape index (κ1) is 23.9. The van der Waals surface area contributed by atoms with Gasteiger partial charge in [0.15, 0.2) is 5.11 Å². The summed E-state index contributed by atoms with van der Waals surface area (Å²) in [6.45, 7) is 1.53. The van der Waals surface area contributed by atoms with Crippen molar-refractivity contribution in [3.63, 3.8) is 0 Å². The predicted molar refractivity (Wildman–Crippen MR) is 128 cm³/mol. The zero-order chi connectivity index (χ0) is 23.8. The maximum atomic E-state index is 12.4. The molecule has 8 nitrogen and oxygen atoms in total. The third kappa shape index (κ3) is 7.13. The molecule has 3 aromatic rings. The molecule has 0 atom stereocenters. The monoisotopic (exact) mass is 483 g/mol. The molecule has 10 heteroatoms. The second-order valence-corrected chi connectivity index (χ2v) is 8.98. The fraction of sp³-hybridized carbons (Fsp3) is 0.0870. The van der Waals surface area contributed by atoms with Gasteiger partial charge in [-0.25, -0.2) is 13.1 Å². The fourth-order valence-electron chi connectivity index (χ4n) is 2.75. The number of rotatable bonds is 7. The van der Waals surface area contributed by atoms with Gasteiger partial charge in [0.05, 0.1) is 4.90 Å². The van der Waals surface area contributed by atoms with Crippen molar-refractivity contribution in [1.82, 2.24) is 10.0 Å². The Kier molecular flexibility index (Phi) is 7.75. The molecular formula is C23H21N3O5S2. The quantitative estimate of drug-likeness (QED) is 0.442. The molecule has 2 amide bonds. The van der Waals surface area contributed by atoms with Crippen LogP contribution in [0, 0.1) is 0 Å². The summed E-state index contributed by atoms with van der Waals surface area (Å²) < 4.78 is 31.5. The third-order valence-electron chi connectivity index (χ3n) is 4.29. The van der Waals surface area contributed by atoms with Gasteiger partial charge >= 0.3 is 0 Å². The number of sulfonamides is 1. The Morgan fingerprint density at radius 3 is 2.15 bits per heavy atom. The van der Waals surface area contributed by atoms with Crippen LogP contribution in [-0.2, 0) is 21.4 Å². The van der Waals surface area contributed by atoms with Gasteiger partial charge in [0.1, 0.15) is 12.4 Å². The minimum Gasteiger partial charge on any atom is -0.489 e. The van der Waals surface area contributed by atoms with Gasteiger partial charge in [0, 0.05) is 18.2 Å². The van der Waals surface area contributed by atoms with Crippen LogP contribution >= 0.6 is 12.2 Å².